The summed E-state index contributed by atoms with van der Waals surface area (Å²) in [7, 11) is 0. The minimum absolute atomic E-state index is 0.542. The van der Waals surface area contributed by atoms with E-state index in [1.165, 1.54) is 23.8 Å². The van der Waals surface area contributed by atoms with E-state index >= 15 is 0 Å². The third kappa shape index (κ3) is 1.51. The van der Waals surface area contributed by atoms with Crippen LogP contribution < -0.4 is 0 Å². The molecule has 0 bridgehead atoms. The zero-order chi connectivity index (χ0) is 9.47. The van der Waals surface area contributed by atoms with Crippen LogP contribution in [0, 0.1) is 0 Å². The summed E-state index contributed by atoms with van der Waals surface area (Å²) >= 11 is 1.19. The molecule has 0 saturated carbocycles. The van der Waals surface area contributed by atoms with Gasteiger partial charge in [-0.1, -0.05) is 0 Å². The molecule has 0 N–H and O–H groups in total. The number of aromatic nitrogens is 1. The summed E-state index contributed by atoms with van der Waals surface area (Å²) in [5, 5.41) is 0.542. The normalized spacial score (nSPS) is 12.2. The van der Waals surface area contributed by atoms with Gasteiger partial charge in [0.15, 0.2) is 0 Å². The van der Waals surface area contributed by atoms with E-state index in [1.807, 2.05) is 0 Å². The molecule has 0 amide bonds. The van der Waals surface area contributed by atoms with Crippen LogP contribution in [0.15, 0.2) is 24.4 Å². The number of rotatable bonds is 0. The van der Waals surface area contributed by atoms with Crippen LogP contribution in [0.2, 0.25) is 0 Å². The summed E-state index contributed by atoms with van der Waals surface area (Å²) in [4.78, 5) is 0. The second kappa shape index (κ2) is 2.70. The Morgan fingerprint density at radius 2 is 2.00 bits per heavy atom. The van der Waals surface area contributed by atoms with Crippen LogP contribution in [0.1, 0.15) is 5.56 Å². The molecule has 68 valence electrons. The van der Waals surface area contributed by atoms with Gasteiger partial charge >= 0.3 is 6.18 Å². The molecule has 5 heteroatoms. The van der Waals surface area contributed by atoms with Crippen molar-refractivity contribution in [2.45, 2.75) is 6.18 Å². The molecule has 0 saturated heterocycles. The average Bonchev–Trinajstić information content (AvgIpc) is 2.47. The van der Waals surface area contributed by atoms with E-state index in [0.29, 0.717) is 5.39 Å². The number of alkyl halides is 3. The van der Waals surface area contributed by atoms with Gasteiger partial charge in [0.25, 0.3) is 0 Å². The minimum atomic E-state index is -4.27. The van der Waals surface area contributed by atoms with Gasteiger partial charge in [0.1, 0.15) is 0 Å². The Kier molecular flexibility index (Phi) is 1.76. The van der Waals surface area contributed by atoms with Gasteiger partial charge in [0.05, 0.1) is 10.3 Å². The first-order valence-electron chi connectivity index (χ1n) is 3.49. The van der Waals surface area contributed by atoms with E-state index in [2.05, 4.69) is 4.37 Å². The number of halogens is 3. The Labute approximate surface area is 76.0 Å². The molecule has 0 spiro atoms. The van der Waals surface area contributed by atoms with Crippen LogP contribution in [-0.2, 0) is 6.18 Å². The van der Waals surface area contributed by atoms with Crippen molar-refractivity contribution in [2.75, 3.05) is 0 Å². The molecule has 0 aliphatic carbocycles. The molecule has 1 nitrogen and oxygen atoms in total. The van der Waals surface area contributed by atoms with Crippen LogP contribution in [0.3, 0.4) is 0 Å². The number of benzene rings is 1. The van der Waals surface area contributed by atoms with E-state index in [0.717, 1.165) is 16.8 Å². The Bertz CT molecular complexity index is 432. The highest BCUT2D eigenvalue weighted by Gasteiger charge is 2.30. The number of hydrogen-bond donors (Lipinski definition) is 0. The molecule has 0 atom stereocenters. The number of nitrogens with zero attached hydrogens (tertiary/aromatic N) is 1. The van der Waals surface area contributed by atoms with Gasteiger partial charge in [0.2, 0.25) is 0 Å². The van der Waals surface area contributed by atoms with Crippen molar-refractivity contribution < 1.29 is 13.2 Å². The molecular formula is C8H4F3NS. The molecule has 1 aromatic carbocycles. The van der Waals surface area contributed by atoms with E-state index < -0.39 is 11.7 Å². The number of hydrogen-bond acceptors (Lipinski definition) is 2. The van der Waals surface area contributed by atoms with Crippen LogP contribution in [0.5, 0.6) is 0 Å². The first-order chi connectivity index (χ1) is 6.07. The van der Waals surface area contributed by atoms with Crippen molar-refractivity contribution in [3.8, 4) is 0 Å². The molecular weight excluding hydrogens is 199 g/mol. The van der Waals surface area contributed by atoms with Crippen molar-refractivity contribution in [3.63, 3.8) is 0 Å². The highest BCUT2D eigenvalue weighted by Crippen LogP contribution is 2.31. The standard InChI is InChI=1S/C8H4F3NS/c9-8(10,11)6-1-2-7-5(3-6)4-12-13-7/h1-4H. The van der Waals surface area contributed by atoms with Crippen molar-refractivity contribution >= 4 is 21.6 Å². The molecule has 1 heterocycles. The topological polar surface area (TPSA) is 12.9 Å². The summed E-state index contributed by atoms with van der Waals surface area (Å²) in [5.74, 6) is 0. The quantitative estimate of drug-likeness (QED) is 0.640. The molecule has 0 aliphatic heterocycles. The van der Waals surface area contributed by atoms with E-state index in [9.17, 15) is 13.2 Å². The predicted octanol–water partition coefficient (Wildman–Crippen LogP) is 3.32. The Morgan fingerprint density at radius 1 is 1.23 bits per heavy atom. The lowest BCUT2D eigenvalue weighted by atomic mass is 10.2. The summed E-state index contributed by atoms with van der Waals surface area (Å²) < 4.78 is 41.2. The third-order valence-electron chi connectivity index (χ3n) is 1.68. The summed E-state index contributed by atoms with van der Waals surface area (Å²) in [5.41, 5.74) is -0.625. The van der Waals surface area contributed by atoms with E-state index in [-0.39, 0.29) is 0 Å². The predicted molar refractivity (Wildman–Crippen MR) is 44.6 cm³/mol. The largest absolute Gasteiger partial charge is 0.416 e. The van der Waals surface area contributed by atoms with Crippen molar-refractivity contribution in [1.82, 2.24) is 4.37 Å². The lowest BCUT2D eigenvalue weighted by Gasteiger charge is -2.05. The zero-order valence-electron chi connectivity index (χ0n) is 6.30. The first-order valence-corrected chi connectivity index (χ1v) is 4.26. The van der Waals surface area contributed by atoms with Crippen molar-refractivity contribution in [1.29, 1.82) is 0 Å². The molecule has 13 heavy (non-hydrogen) atoms. The minimum Gasteiger partial charge on any atom is -0.200 e. The van der Waals surface area contributed by atoms with Gasteiger partial charge in [-0.25, -0.2) is 0 Å². The number of fused-ring (bicyclic) bond motifs is 1. The fourth-order valence-electron chi connectivity index (χ4n) is 1.05. The van der Waals surface area contributed by atoms with Gasteiger partial charge in [-0.2, -0.15) is 17.5 Å². The highest BCUT2D eigenvalue weighted by atomic mass is 32.1. The summed E-state index contributed by atoms with van der Waals surface area (Å²) in [6.07, 6.45) is -2.83. The Hall–Kier alpha value is -1.10. The third-order valence-corrected chi connectivity index (χ3v) is 2.46. The van der Waals surface area contributed by atoms with Gasteiger partial charge in [-0.3, -0.25) is 0 Å². The van der Waals surface area contributed by atoms with Crippen molar-refractivity contribution in [3.05, 3.63) is 30.0 Å². The van der Waals surface area contributed by atoms with Crippen LogP contribution in [0.25, 0.3) is 10.1 Å². The molecule has 0 unspecified atom stereocenters. The SMILES string of the molecule is FC(F)(F)c1ccc2sncc2c1. The smallest absolute Gasteiger partial charge is 0.200 e. The lowest BCUT2D eigenvalue weighted by molar-refractivity contribution is -0.137. The average molecular weight is 203 g/mol. The van der Waals surface area contributed by atoms with Crippen LogP contribution in [-0.4, -0.2) is 4.37 Å². The first kappa shape index (κ1) is 8.50. The van der Waals surface area contributed by atoms with Gasteiger partial charge < -0.3 is 0 Å². The maximum atomic E-state index is 12.2. The molecule has 0 radical (unpaired) electrons. The fourth-order valence-corrected chi connectivity index (χ4v) is 1.67. The monoisotopic (exact) mass is 203 g/mol. The highest BCUT2D eigenvalue weighted by molar-refractivity contribution is 7.13. The summed E-state index contributed by atoms with van der Waals surface area (Å²) in [6, 6.07) is 3.62. The van der Waals surface area contributed by atoms with E-state index in [4.69, 9.17) is 0 Å². The second-order valence-corrected chi connectivity index (χ2v) is 3.41. The van der Waals surface area contributed by atoms with Gasteiger partial charge in [-0.05, 0) is 29.7 Å². The van der Waals surface area contributed by atoms with Gasteiger partial charge in [-0.15, -0.1) is 0 Å². The molecule has 2 aromatic rings. The second-order valence-electron chi connectivity index (χ2n) is 2.58. The van der Waals surface area contributed by atoms with Crippen LogP contribution >= 0.6 is 11.5 Å². The van der Waals surface area contributed by atoms with Crippen LogP contribution in [0.4, 0.5) is 13.2 Å². The summed E-state index contributed by atoms with van der Waals surface area (Å²) in [6.45, 7) is 0. The maximum absolute atomic E-state index is 12.2. The van der Waals surface area contributed by atoms with Gasteiger partial charge in [0, 0.05) is 11.6 Å². The maximum Gasteiger partial charge on any atom is 0.416 e. The van der Waals surface area contributed by atoms with Crippen molar-refractivity contribution in [2.24, 2.45) is 0 Å². The Morgan fingerprint density at radius 3 is 2.69 bits per heavy atom. The zero-order valence-corrected chi connectivity index (χ0v) is 7.12. The molecule has 0 fully saturated rings. The lowest BCUT2D eigenvalue weighted by Crippen LogP contribution is -2.03. The Balaban J connectivity index is 2.61. The molecule has 1 aromatic heterocycles. The molecule has 2 rings (SSSR count). The molecule has 0 aliphatic rings. The fraction of sp³-hybridized carbons (Fsp3) is 0.125. The van der Waals surface area contributed by atoms with E-state index in [1.54, 1.807) is 0 Å².